The lowest BCUT2D eigenvalue weighted by molar-refractivity contribution is 0.607. The highest BCUT2D eigenvalue weighted by atomic mass is 19.1. The molecule has 0 saturated heterocycles. The molecular formula is C14H14FNO. The van der Waals surface area contributed by atoms with Crippen LogP contribution in [0.2, 0.25) is 0 Å². The standard InChI is InChI=1S/C14H14FNO/c15-12-8-11-4-7-17-14(11)13(9-12)10-2-1-5-16-6-3-10/h2,4,7-9,16H,1,3,5-6H2. The quantitative estimate of drug-likeness (QED) is 0.814. The van der Waals surface area contributed by atoms with Gasteiger partial charge in [0.1, 0.15) is 11.4 Å². The minimum atomic E-state index is -0.202. The third-order valence-electron chi connectivity index (χ3n) is 3.14. The molecule has 2 nitrogen and oxygen atoms in total. The fourth-order valence-corrected chi connectivity index (χ4v) is 2.33. The van der Waals surface area contributed by atoms with Crippen LogP contribution in [0.25, 0.3) is 16.5 Å². The van der Waals surface area contributed by atoms with E-state index < -0.39 is 0 Å². The van der Waals surface area contributed by atoms with Crippen molar-refractivity contribution in [1.82, 2.24) is 5.32 Å². The number of hydrogen-bond acceptors (Lipinski definition) is 2. The molecule has 0 atom stereocenters. The van der Waals surface area contributed by atoms with E-state index in [1.807, 2.05) is 0 Å². The van der Waals surface area contributed by atoms with Gasteiger partial charge in [-0.05, 0) is 49.7 Å². The van der Waals surface area contributed by atoms with E-state index in [2.05, 4.69) is 11.4 Å². The zero-order chi connectivity index (χ0) is 11.7. The van der Waals surface area contributed by atoms with E-state index in [0.717, 1.165) is 42.5 Å². The number of rotatable bonds is 1. The second kappa shape index (κ2) is 4.34. The number of fused-ring (bicyclic) bond motifs is 1. The topological polar surface area (TPSA) is 25.2 Å². The molecule has 0 spiro atoms. The lowest BCUT2D eigenvalue weighted by Crippen LogP contribution is -2.13. The van der Waals surface area contributed by atoms with Gasteiger partial charge in [-0.3, -0.25) is 0 Å². The summed E-state index contributed by atoms with van der Waals surface area (Å²) in [5, 5.41) is 4.16. The van der Waals surface area contributed by atoms with Crippen LogP contribution < -0.4 is 5.32 Å². The van der Waals surface area contributed by atoms with Crippen molar-refractivity contribution in [2.45, 2.75) is 12.8 Å². The summed E-state index contributed by atoms with van der Waals surface area (Å²) in [5.41, 5.74) is 2.86. The minimum absolute atomic E-state index is 0.202. The summed E-state index contributed by atoms with van der Waals surface area (Å²) in [6.07, 6.45) is 5.69. The first-order chi connectivity index (χ1) is 8.34. The van der Waals surface area contributed by atoms with Gasteiger partial charge in [-0.15, -0.1) is 0 Å². The number of nitrogens with one attached hydrogen (secondary N) is 1. The minimum Gasteiger partial charge on any atom is -0.464 e. The van der Waals surface area contributed by atoms with Crippen LogP contribution in [0.3, 0.4) is 0 Å². The Morgan fingerprint density at radius 2 is 2.18 bits per heavy atom. The normalized spacial score (nSPS) is 16.9. The molecule has 0 bridgehead atoms. The van der Waals surface area contributed by atoms with Gasteiger partial charge in [0, 0.05) is 10.9 Å². The summed E-state index contributed by atoms with van der Waals surface area (Å²) in [6.45, 7) is 1.92. The summed E-state index contributed by atoms with van der Waals surface area (Å²) < 4.78 is 19.0. The summed E-state index contributed by atoms with van der Waals surface area (Å²) in [5.74, 6) is -0.202. The number of halogens is 1. The fourth-order valence-electron chi connectivity index (χ4n) is 2.33. The third-order valence-corrected chi connectivity index (χ3v) is 3.14. The van der Waals surface area contributed by atoms with E-state index in [9.17, 15) is 4.39 Å². The van der Waals surface area contributed by atoms with Gasteiger partial charge in [0.2, 0.25) is 0 Å². The molecule has 0 amide bonds. The van der Waals surface area contributed by atoms with Crippen molar-refractivity contribution in [2.75, 3.05) is 13.1 Å². The summed E-state index contributed by atoms with van der Waals surface area (Å²) in [6, 6.07) is 4.89. The maximum Gasteiger partial charge on any atom is 0.141 e. The Morgan fingerprint density at radius 3 is 3.12 bits per heavy atom. The summed E-state index contributed by atoms with van der Waals surface area (Å²) >= 11 is 0. The zero-order valence-electron chi connectivity index (χ0n) is 9.50. The van der Waals surface area contributed by atoms with Crippen molar-refractivity contribution < 1.29 is 8.81 Å². The average Bonchev–Trinajstić information content (AvgIpc) is 2.62. The zero-order valence-corrected chi connectivity index (χ0v) is 9.50. The molecule has 1 aromatic heterocycles. The predicted octanol–water partition coefficient (Wildman–Crippen LogP) is 3.34. The highest BCUT2D eigenvalue weighted by molar-refractivity contribution is 5.90. The van der Waals surface area contributed by atoms with Crippen LogP contribution in [-0.4, -0.2) is 13.1 Å². The summed E-state index contributed by atoms with van der Waals surface area (Å²) in [7, 11) is 0. The Kier molecular flexibility index (Phi) is 2.69. The Bertz CT molecular complexity index is 571. The van der Waals surface area contributed by atoms with E-state index in [4.69, 9.17) is 4.42 Å². The Balaban J connectivity index is 2.14. The van der Waals surface area contributed by atoms with Crippen molar-refractivity contribution in [3.8, 4) is 0 Å². The Hall–Kier alpha value is -1.61. The lowest BCUT2D eigenvalue weighted by atomic mass is 10.00. The van der Waals surface area contributed by atoms with Gasteiger partial charge in [-0.25, -0.2) is 4.39 Å². The van der Waals surface area contributed by atoms with Crippen LogP contribution in [0.4, 0.5) is 4.39 Å². The van der Waals surface area contributed by atoms with Crippen LogP contribution in [0.15, 0.2) is 35.0 Å². The molecule has 0 fully saturated rings. The van der Waals surface area contributed by atoms with Gasteiger partial charge in [-0.1, -0.05) is 6.08 Å². The lowest BCUT2D eigenvalue weighted by Gasteiger charge is -2.06. The Labute approximate surface area is 99.1 Å². The van der Waals surface area contributed by atoms with Crippen LogP contribution in [-0.2, 0) is 0 Å². The van der Waals surface area contributed by atoms with Crippen molar-refractivity contribution in [3.05, 3.63) is 41.9 Å². The third kappa shape index (κ3) is 1.98. The first kappa shape index (κ1) is 10.5. The monoisotopic (exact) mass is 231 g/mol. The van der Waals surface area contributed by atoms with Crippen LogP contribution in [0, 0.1) is 5.82 Å². The highest BCUT2D eigenvalue weighted by Crippen LogP contribution is 2.29. The van der Waals surface area contributed by atoms with E-state index in [0.29, 0.717) is 0 Å². The van der Waals surface area contributed by atoms with E-state index in [1.54, 1.807) is 18.4 Å². The smallest absolute Gasteiger partial charge is 0.141 e. The molecule has 1 N–H and O–H groups in total. The molecule has 0 saturated carbocycles. The number of furan rings is 1. The van der Waals surface area contributed by atoms with Gasteiger partial charge in [0.25, 0.3) is 0 Å². The molecule has 0 aliphatic carbocycles. The molecule has 3 rings (SSSR count). The molecule has 88 valence electrons. The van der Waals surface area contributed by atoms with Gasteiger partial charge < -0.3 is 9.73 Å². The SMILES string of the molecule is Fc1cc(C2=CCCNCC2)c2occc2c1. The second-order valence-corrected chi connectivity index (χ2v) is 4.31. The van der Waals surface area contributed by atoms with Crippen molar-refractivity contribution in [3.63, 3.8) is 0 Å². The van der Waals surface area contributed by atoms with E-state index in [1.165, 1.54) is 11.6 Å². The van der Waals surface area contributed by atoms with E-state index >= 15 is 0 Å². The molecule has 2 aromatic rings. The molecular weight excluding hydrogens is 217 g/mol. The van der Waals surface area contributed by atoms with Crippen LogP contribution in [0.5, 0.6) is 0 Å². The molecule has 17 heavy (non-hydrogen) atoms. The van der Waals surface area contributed by atoms with Gasteiger partial charge >= 0.3 is 0 Å². The average molecular weight is 231 g/mol. The molecule has 1 aliphatic heterocycles. The van der Waals surface area contributed by atoms with Crippen LogP contribution in [0.1, 0.15) is 18.4 Å². The van der Waals surface area contributed by atoms with Gasteiger partial charge in [0.15, 0.2) is 0 Å². The molecule has 0 radical (unpaired) electrons. The van der Waals surface area contributed by atoms with Gasteiger partial charge in [-0.2, -0.15) is 0 Å². The molecule has 2 heterocycles. The summed E-state index contributed by atoms with van der Waals surface area (Å²) in [4.78, 5) is 0. The highest BCUT2D eigenvalue weighted by Gasteiger charge is 2.12. The first-order valence-electron chi connectivity index (χ1n) is 5.91. The molecule has 3 heteroatoms. The predicted molar refractivity (Wildman–Crippen MR) is 66.3 cm³/mol. The molecule has 1 aromatic carbocycles. The van der Waals surface area contributed by atoms with Crippen molar-refractivity contribution in [1.29, 1.82) is 0 Å². The maximum atomic E-state index is 13.5. The first-order valence-corrected chi connectivity index (χ1v) is 5.91. The largest absolute Gasteiger partial charge is 0.464 e. The number of hydrogen-bond donors (Lipinski definition) is 1. The van der Waals surface area contributed by atoms with Crippen molar-refractivity contribution >= 4 is 16.5 Å². The molecule has 0 unspecified atom stereocenters. The van der Waals surface area contributed by atoms with E-state index in [-0.39, 0.29) is 5.82 Å². The maximum absolute atomic E-state index is 13.5. The molecule has 1 aliphatic rings. The Morgan fingerprint density at radius 1 is 1.24 bits per heavy atom. The van der Waals surface area contributed by atoms with Crippen LogP contribution >= 0.6 is 0 Å². The van der Waals surface area contributed by atoms with Crippen molar-refractivity contribution in [2.24, 2.45) is 0 Å². The number of benzene rings is 1. The second-order valence-electron chi connectivity index (χ2n) is 4.31. The van der Waals surface area contributed by atoms with Gasteiger partial charge in [0.05, 0.1) is 6.26 Å². The fraction of sp³-hybridized carbons (Fsp3) is 0.286.